The predicted molar refractivity (Wildman–Crippen MR) is 65.7 cm³/mol. The van der Waals surface area contributed by atoms with Gasteiger partial charge in [-0.3, -0.25) is 0 Å². The maximum absolute atomic E-state index is 11.3. The van der Waals surface area contributed by atoms with Crippen molar-refractivity contribution in [3.8, 4) is 6.07 Å². The van der Waals surface area contributed by atoms with E-state index in [1.165, 1.54) is 6.20 Å². The van der Waals surface area contributed by atoms with Gasteiger partial charge in [0.1, 0.15) is 4.90 Å². The summed E-state index contributed by atoms with van der Waals surface area (Å²) in [5.41, 5.74) is 1.09. The molecule has 0 radical (unpaired) electrons. The molecule has 1 aromatic carbocycles. The number of aromatic amines is 1. The van der Waals surface area contributed by atoms with Crippen LogP contribution in [0.2, 0.25) is 5.02 Å². The summed E-state index contributed by atoms with van der Waals surface area (Å²) in [4.78, 5) is 2.78. The predicted octanol–water partition coefficient (Wildman–Crippen LogP) is 2.81. The van der Waals surface area contributed by atoms with E-state index >= 15 is 0 Å². The molecular weight excluding hydrogens is 283 g/mol. The number of nitriles is 1. The van der Waals surface area contributed by atoms with Gasteiger partial charge in [0.05, 0.1) is 18.0 Å². The lowest BCUT2D eigenvalue weighted by Gasteiger charge is -2.01. The van der Waals surface area contributed by atoms with Crippen LogP contribution in [-0.2, 0) is 15.5 Å². The molecule has 0 aliphatic heterocycles. The first-order valence-electron chi connectivity index (χ1n) is 4.55. The molecule has 0 bridgehead atoms. The maximum atomic E-state index is 11.3. The molecule has 2 aromatic rings. The van der Waals surface area contributed by atoms with E-state index in [-0.39, 0.29) is 11.3 Å². The van der Waals surface area contributed by atoms with Gasteiger partial charge in [-0.2, -0.15) is 5.26 Å². The van der Waals surface area contributed by atoms with Gasteiger partial charge in [0.15, 0.2) is 0 Å². The van der Waals surface area contributed by atoms with Crippen molar-refractivity contribution in [2.75, 3.05) is 0 Å². The lowest BCUT2D eigenvalue weighted by Crippen LogP contribution is -1.89. The molecule has 1 N–H and O–H groups in total. The summed E-state index contributed by atoms with van der Waals surface area (Å²) in [5, 5.41) is 9.56. The van der Waals surface area contributed by atoms with Crippen molar-refractivity contribution in [1.29, 1.82) is 5.26 Å². The van der Waals surface area contributed by atoms with Crippen molar-refractivity contribution in [2.45, 2.75) is 11.3 Å². The average Bonchev–Trinajstić information content (AvgIpc) is 2.65. The van der Waals surface area contributed by atoms with Crippen LogP contribution in [0.25, 0.3) is 10.9 Å². The van der Waals surface area contributed by atoms with E-state index in [1.54, 1.807) is 12.1 Å². The third kappa shape index (κ3) is 2.12. The van der Waals surface area contributed by atoms with Gasteiger partial charge < -0.3 is 4.98 Å². The Kier molecular flexibility index (Phi) is 3.04. The molecule has 17 heavy (non-hydrogen) atoms. The molecule has 0 saturated heterocycles. The maximum Gasteiger partial charge on any atom is 0.263 e. The van der Waals surface area contributed by atoms with Crippen molar-refractivity contribution in [2.24, 2.45) is 0 Å². The van der Waals surface area contributed by atoms with Crippen LogP contribution in [0, 0.1) is 11.3 Å². The second-order valence-corrected chi connectivity index (χ2v) is 6.32. The normalized spacial score (nSPS) is 11.6. The van der Waals surface area contributed by atoms with Gasteiger partial charge in [0.25, 0.3) is 9.05 Å². The van der Waals surface area contributed by atoms with E-state index in [0.29, 0.717) is 21.5 Å². The summed E-state index contributed by atoms with van der Waals surface area (Å²) in [7, 11) is 1.49. The van der Waals surface area contributed by atoms with Gasteiger partial charge in [0, 0.05) is 32.9 Å². The zero-order valence-corrected chi connectivity index (χ0v) is 10.7. The van der Waals surface area contributed by atoms with E-state index in [0.717, 1.165) is 0 Å². The molecule has 1 heterocycles. The quantitative estimate of drug-likeness (QED) is 0.864. The molecule has 1 aromatic heterocycles. The number of hydrogen-bond donors (Lipinski definition) is 1. The summed E-state index contributed by atoms with van der Waals surface area (Å²) >= 11 is 5.95. The standard InChI is InChI=1S/C10H6Cl2N2O2S/c11-8-2-1-7-9(17(12,15)16)5-14-10(7)6(8)3-4-13/h1-2,5,14H,3H2. The summed E-state index contributed by atoms with van der Waals surface area (Å²) < 4.78 is 22.6. The van der Waals surface area contributed by atoms with Crippen LogP contribution < -0.4 is 0 Å². The van der Waals surface area contributed by atoms with Gasteiger partial charge in [-0.1, -0.05) is 11.6 Å². The fourth-order valence-electron chi connectivity index (χ4n) is 1.66. The SMILES string of the molecule is N#CCc1c(Cl)ccc2c(S(=O)(=O)Cl)c[nH]c12. The Labute approximate surface area is 107 Å². The van der Waals surface area contributed by atoms with Crippen molar-refractivity contribution in [1.82, 2.24) is 4.98 Å². The molecule has 0 spiro atoms. The third-order valence-corrected chi connectivity index (χ3v) is 4.10. The second kappa shape index (κ2) is 4.22. The molecule has 7 heteroatoms. The van der Waals surface area contributed by atoms with E-state index in [9.17, 15) is 8.42 Å². The molecule has 0 atom stereocenters. The van der Waals surface area contributed by atoms with Gasteiger partial charge in [-0.25, -0.2) is 8.42 Å². The summed E-state index contributed by atoms with van der Waals surface area (Å²) in [6.45, 7) is 0. The first-order valence-corrected chi connectivity index (χ1v) is 7.24. The van der Waals surface area contributed by atoms with Crippen LogP contribution in [-0.4, -0.2) is 13.4 Å². The molecular formula is C10H6Cl2N2O2S. The lowest BCUT2D eigenvalue weighted by molar-refractivity contribution is 0.610. The Morgan fingerprint density at radius 1 is 1.41 bits per heavy atom. The lowest BCUT2D eigenvalue weighted by atomic mass is 10.1. The molecule has 0 aliphatic carbocycles. The fraction of sp³-hybridized carbons (Fsp3) is 0.100. The largest absolute Gasteiger partial charge is 0.360 e. The van der Waals surface area contributed by atoms with E-state index in [1.807, 2.05) is 6.07 Å². The van der Waals surface area contributed by atoms with Crippen LogP contribution in [0.3, 0.4) is 0 Å². The number of nitrogens with zero attached hydrogens (tertiary/aromatic N) is 1. The highest BCUT2D eigenvalue weighted by Crippen LogP contribution is 2.31. The van der Waals surface area contributed by atoms with Crippen LogP contribution in [0.15, 0.2) is 23.2 Å². The molecule has 0 amide bonds. The summed E-state index contributed by atoms with van der Waals surface area (Å²) in [5.74, 6) is 0. The average molecular weight is 289 g/mol. The Hall–Kier alpha value is -1.22. The third-order valence-electron chi connectivity index (χ3n) is 2.39. The number of rotatable bonds is 2. The molecule has 0 fully saturated rings. The first kappa shape index (κ1) is 12.2. The minimum atomic E-state index is -3.82. The molecule has 2 rings (SSSR count). The highest BCUT2D eigenvalue weighted by atomic mass is 35.7. The zero-order valence-electron chi connectivity index (χ0n) is 8.37. The Balaban J connectivity index is 2.83. The number of nitrogens with one attached hydrogen (secondary N) is 1. The number of fused-ring (bicyclic) bond motifs is 1. The topological polar surface area (TPSA) is 73.7 Å². The van der Waals surface area contributed by atoms with E-state index in [2.05, 4.69) is 4.98 Å². The zero-order chi connectivity index (χ0) is 12.6. The molecule has 0 aliphatic rings. The number of benzene rings is 1. The molecule has 0 unspecified atom stereocenters. The molecule has 0 saturated carbocycles. The van der Waals surface area contributed by atoms with Crippen LogP contribution >= 0.6 is 22.3 Å². The van der Waals surface area contributed by atoms with Crippen LogP contribution in [0.1, 0.15) is 5.56 Å². The molecule has 4 nitrogen and oxygen atoms in total. The van der Waals surface area contributed by atoms with Crippen molar-refractivity contribution in [3.63, 3.8) is 0 Å². The summed E-state index contributed by atoms with van der Waals surface area (Å²) in [6, 6.07) is 5.09. The highest BCUT2D eigenvalue weighted by molar-refractivity contribution is 8.14. The monoisotopic (exact) mass is 288 g/mol. The van der Waals surface area contributed by atoms with Crippen molar-refractivity contribution < 1.29 is 8.42 Å². The Morgan fingerprint density at radius 3 is 2.71 bits per heavy atom. The Bertz CT molecular complexity index is 729. The van der Waals surface area contributed by atoms with Gasteiger partial charge in [-0.15, -0.1) is 0 Å². The first-order chi connectivity index (χ1) is 7.95. The smallest absolute Gasteiger partial charge is 0.263 e. The van der Waals surface area contributed by atoms with Gasteiger partial charge >= 0.3 is 0 Å². The van der Waals surface area contributed by atoms with Crippen LogP contribution in [0.4, 0.5) is 0 Å². The fourth-order valence-corrected chi connectivity index (χ4v) is 2.90. The minimum Gasteiger partial charge on any atom is -0.360 e. The number of halogens is 2. The Morgan fingerprint density at radius 2 is 2.12 bits per heavy atom. The van der Waals surface area contributed by atoms with Crippen molar-refractivity contribution in [3.05, 3.63) is 28.9 Å². The van der Waals surface area contributed by atoms with E-state index < -0.39 is 9.05 Å². The van der Waals surface area contributed by atoms with Gasteiger partial charge in [0.2, 0.25) is 0 Å². The number of H-pyrrole nitrogens is 1. The highest BCUT2D eigenvalue weighted by Gasteiger charge is 2.18. The number of aromatic nitrogens is 1. The summed E-state index contributed by atoms with van der Waals surface area (Å²) in [6.07, 6.45) is 1.39. The second-order valence-electron chi connectivity index (χ2n) is 3.37. The van der Waals surface area contributed by atoms with Gasteiger partial charge in [-0.05, 0) is 12.1 Å². The number of hydrogen-bond acceptors (Lipinski definition) is 3. The molecule has 88 valence electrons. The van der Waals surface area contributed by atoms with Crippen LogP contribution in [0.5, 0.6) is 0 Å². The van der Waals surface area contributed by atoms with Crippen molar-refractivity contribution >= 4 is 42.2 Å². The van der Waals surface area contributed by atoms with E-state index in [4.69, 9.17) is 27.5 Å². The minimum absolute atomic E-state index is 0.00924.